The maximum Gasteiger partial charge on any atom is 0.270 e. The van der Waals surface area contributed by atoms with Crippen LogP contribution in [0.3, 0.4) is 0 Å². The summed E-state index contributed by atoms with van der Waals surface area (Å²) in [5, 5.41) is 0.363. The Morgan fingerprint density at radius 2 is 1.65 bits per heavy atom. The van der Waals surface area contributed by atoms with Crippen LogP contribution in [0, 0.1) is 0 Å². The lowest BCUT2D eigenvalue weighted by Gasteiger charge is -2.35. The van der Waals surface area contributed by atoms with Gasteiger partial charge in [-0.3, -0.25) is 15.6 Å². The molecule has 1 fully saturated rings. The number of nitrogens with zero attached hydrogens (tertiary/aromatic N) is 5. The molecule has 178 valence electrons. The van der Waals surface area contributed by atoms with Gasteiger partial charge in [0.25, 0.3) is 10.0 Å². The van der Waals surface area contributed by atoms with Crippen molar-refractivity contribution in [2.24, 2.45) is 10.7 Å². The lowest BCUT2D eigenvalue weighted by atomic mass is 10.2. The molecule has 0 radical (unpaired) electrons. The summed E-state index contributed by atoms with van der Waals surface area (Å²) in [6, 6.07) is 14.0. The van der Waals surface area contributed by atoms with Crippen LogP contribution < -0.4 is 15.5 Å². The van der Waals surface area contributed by atoms with E-state index in [0.717, 1.165) is 37.6 Å². The van der Waals surface area contributed by atoms with Gasteiger partial charge in [-0.25, -0.2) is 12.4 Å². The molecule has 8 nitrogen and oxygen atoms in total. The third-order valence-electron chi connectivity index (χ3n) is 6.14. The van der Waals surface area contributed by atoms with Crippen molar-refractivity contribution < 1.29 is 8.42 Å². The van der Waals surface area contributed by atoms with E-state index in [-0.39, 0.29) is 14.9 Å². The number of nitrogens with two attached hydrogens (primary N) is 1. The highest BCUT2D eigenvalue weighted by Crippen LogP contribution is 2.37. The molecule has 3 aromatic rings. The van der Waals surface area contributed by atoms with Gasteiger partial charge in [-0.15, -0.1) is 0 Å². The largest absolute Gasteiger partial charge is 0.369 e. The molecule has 1 aromatic heterocycles. The molecule has 0 aliphatic carbocycles. The van der Waals surface area contributed by atoms with Gasteiger partial charge >= 0.3 is 0 Å². The molecular formula is C23H24Cl2N6O2S. The molecule has 0 saturated carbocycles. The Balaban J connectivity index is 1.54. The molecule has 3 heterocycles. The van der Waals surface area contributed by atoms with Crippen LogP contribution in [0.2, 0.25) is 10.0 Å². The maximum absolute atomic E-state index is 13.6. The average molecular weight is 519 g/mol. The maximum atomic E-state index is 13.6. The van der Waals surface area contributed by atoms with E-state index in [1.165, 1.54) is 22.3 Å². The van der Waals surface area contributed by atoms with Gasteiger partial charge in [0.2, 0.25) is 0 Å². The topological polar surface area (TPSA) is 87.2 Å². The fourth-order valence-electron chi connectivity index (χ4n) is 4.25. The second-order valence-corrected chi connectivity index (χ2v) is 11.0. The molecule has 0 amide bonds. The number of hydrogen-bond donors (Lipinski definition) is 1. The summed E-state index contributed by atoms with van der Waals surface area (Å²) in [5.74, 6) is 0.394. The summed E-state index contributed by atoms with van der Waals surface area (Å²) in [6.45, 7) is 3.92. The molecule has 1 unspecified atom stereocenters. The van der Waals surface area contributed by atoms with Gasteiger partial charge in [0.05, 0.1) is 5.02 Å². The van der Waals surface area contributed by atoms with E-state index in [2.05, 4.69) is 21.8 Å². The summed E-state index contributed by atoms with van der Waals surface area (Å²) >= 11 is 12.3. The predicted octanol–water partition coefficient (Wildman–Crippen LogP) is 3.60. The fraction of sp³-hybridized carbons (Fsp3) is 0.261. The van der Waals surface area contributed by atoms with Crippen molar-refractivity contribution in [1.29, 1.82) is 0 Å². The fourth-order valence-corrected chi connectivity index (χ4v) is 6.34. The number of hydrogen-bond acceptors (Lipinski definition) is 7. The van der Waals surface area contributed by atoms with Crippen molar-refractivity contribution in [1.82, 2.24) is 8.87 Å². The highest BCUT2D eigenvalue weighted by Gasteiger charge is 2.32. The molecule has 2 aliphatic heterocycles. The molecule has 1 atom stereocenters. The van der Waals surface area contributed by atoms with Crippen molar-refractivity contribution in [3.63, 3.8) is 0 Å². The van der Waals surface area contributed by atoms with E-state index in [1.54, 1.807) is 23.2 Å². The van der Waals surface area contributed by atoms with Crippen LogP contribution in [0.25, 0.3) is 0 Å². The Morgan fingerprint density at radius 1 is 0.971 bits per heavy atom. The highest BCUT2D eigenvalue weighted by molar-refractivity contribution is 7.90. The first-order chi connectivity index (χ1) is 16.3. The molecule has 0 spiro atoms. The molecule has 2 aromatic carbocycles. The van der Waals surface area contributed by atoms with Gasteiger partial charge in [0.1, 0.15) is 10.7 Å². The molecule has 11 heteroatoms. The van der Waals surface area contributed by atoms with Gasteiger partial charge < -0.3 is 9.80 Å². The average Bonchev–Trinajstić information content (AvgIpc) is 3.26. The molecule has 0 bridgehead atoms. The first-order valence-corrected chi connectivity index (χ1v) is 13.0. The smallest absolute Gasteiger partial charge is 0.270 e. The first-order valence-electron chi connectivity index (χ1n) is 10.8. The molecular weight excluding hydrogens is 495 g/mol. The predicted molar refractivity (Wildman–Crippen MR) is 137 cm³/mol. The lowest BCUT2D eigenvalue weighted by molar-refractivity contribution is 0.313. The van der Waals surface area contributed by atoms with Crippen LogP contribution in [-0.2, 0) is 10.0 Å². The minimum atomic E-state index is -4.06. The van der Waals surface area contributed by atoms with Crippen LogP contribution in [0.1, 0.15) is 5.56 Å². The third-order valence-corrected chi connectivity index (χ3v) is 8.52. The van der Waals surface area contributed by atoms with Crippen molar-refractivity contribution >= 4 is 56.6 Å². The lowest BCUT2D eigenvalue weighted by Crippen LogP contribution is -2.44. The Labute approximate surface area is 208 Å². The molecule has 1 saturated heterocycles. The minimum absolute atomic E-state index is 0.0819. The SMILES string of the molecule is CN1CCN(c2ccc(N3c4c(ccn4S(=O)(=O)c4cc(Cl)ccc4Cl)C=NC3N)cc2)CC1. The zero-order valence-corrected chi connectivity index (χ0v) is 20.8. The van der Waals surface area contributed by atoms with E-state index in [1.807, 2.05) is 24.3 Å². The zero-order chi connectivity index (χ0) is 24.0. The Kier molecular flexibility index (Phi) is 6.07. The minimum Gasteiger partial charge on any atom is -0.369 e. The van der Waals surface area contributed by atoms with Gasteiger partial charge in [0, 0.05) is 60.6 Å². The molecule has 2 N–H and O–H groups in total. The molecule has 5 rings (SSSR count). The number of benzene rings is 2. The van der Waals surface area contributed by atoms with Crippen LogP contribution in [-0.4, -0.2) is 63.0 Å². The summed E-state index contributed by atoms with van der Waals surface area (Å²) < 4.78 is 28.4. The number of aromatic nitrogens is 1. The summed E-state index contributed by atoms with van der Waals surface area (Å²) in [6.07, 6.45) is 2.27. The van der Waals surface area contributed by atoms with Gasteiger partial charge in [-0.2, -0.15) is 0 Å². The zero-order valence-electron chi connectivity index (χ0n) is 18.5. The van der Waals surface area contributed by atoms with Crippen LogP contribution >= 0.6 is 23.2 Å². The van der Waals surface area contributed by atoms with E-state index >= 15 is 0 Å². The second-order valence-electron chi connectivity index (χ2n) is 8.34. The van der Waals surface area contributed by atoms with E-state index in [0.29, 0.717) is 11.4 Å². The first kappa shape index (κ1) is 23.2. The van der Waals surface area contributed by atoms with E-state index in [4.69, 9.17) is 28.9 Å². The van der Waals surface area contributed by atoms with Crippen molar-refractivity contribution in [3.8, 4) is 0 Å². The Hall–Kier alpha value is -2.56. The number of halogens is 2. The monoisotopic (exact) mass is 518 g/mol. The van der Waals surface area contributed by atoms with Gasteiger partial charge in [-0.1, -0.05) is 23.2 Å². The number of aliphatic imine (C=N–C) groups is 1. The summed E-state index contributed by atoms with van der Waals surface area (Å²) in [5.41, 5.74) is 8.82. The Morgan fingerprint density at radius 3 is 2.35 bits per heavy atom. The second kappa shape index (κ2) is 8.90. The summed E-state index contributed by atoms with van der Waals surface area (Å²) in [7, 11) is -1.94. The van der Waals surface area contributed by atoms with Gasteiger partial charge in [-0.05, 0) is 55.6 Å². The third kappa shape index (κ3) is 4.08. The quantitative estimate of drug-likeness (QED) is 0.567. The number of fused-ring (bicyclic) bond motifs is 1. The number of piperazine rings is 1. The van der Waals surface area contributed by atoms with Crippen molar-refractivity contribution in [2.45, 2.75) is 11.2 Å². The number of rotatable bonds is 4. The Bertz CT molecular complexity index is 1350. The standard InChI is InChI=1S/C23H24Cl2N6O2S/c1-28-10-12-29(13-11-28)18-3-5-19(6-4-18)31-22-16(15-27-23(31)26)8-9-30(22)34(32,33)21-14-17(24)2-7-20(21)25/h2-9,14-15,23H,10-13,26H2,1H3. The van der Waals surface area contributed by atoms with Crippen LogP contribution in [0.4, 0.5) is 17.2 Å². The van der Waals surface area contributed by atoms with Crippen LogP contribution in [0.5, 0.6) is 0 Å². The van der Waals surface area contributed by atoms with Crippen molar-refractivity contribution in [3.05, 3.63) is 70.3 Å². The van der Waals surface area contributed by atoms with Crippen LogP contribution in [0.15, 0.2) is 64.6 Å². The molecule has 2 aliphatic rings. The molecule has 34 heavy (non-hydrogen) atoms. The number of anilines is 3. The number of likely N-dealkylation sites (N-methyl/N-ethyl adjacent to an activating group) is 1. The van der Waals surface area contributed by atoms with Gasteiger partial charge in [0.15, 0.2) is 6.29 Å². The normalized spacial score (nSPS) is 18.9. The van der Waals surface area contributed by atoms with E-state index in [9.17, 15) is 8.42 Å². The van der Waals surface area contributed by atoms with E-state index < -0.39 is 16.3 Å². The summed E-state index contributed by atoms with van der Waals surface area (Å²) in [4.78, 5) is 10.6. The highest BCUT2D eigenvalue weighted by atomic mass is 35.5. The van der Waals surface area contributed by atoms with Crippen molar-refractivity contribution in [2.75, 3.05) is 43.0 Å².